The van der Waals surface area contributed by atoms with Crippen LogP contribution in [0.25, 0.3) is 0 Å². The number of ether oxygens (including phenoxy) is 2. The molecule has 1 unspecified atom stereocenters. The highest BCUT2D eigenvalue weighted by Crippen LogP contribution is 2.32. The van der Waals surface area contributed by atoms with Gasteiger partial charge in [0.05, 0.1) is 14.2 Å². The fraction of sp³-hybridized carbons (Fsp3) is 0.500. The highest BCUT2D eigenvalue weighted by molar-refractivity contribution is 5.73. The third kappa shape index (κ3) is 2.58. The van der Waals surface area contributed by atoms with Gasteiger partial charge in [-0.25, -0.2) is 0 Å². The molecule has 1 aromatic rings. The Morgan fingerprint density at radius 1 is 1.22 bits per heavy atom. The predicted octanol–water partition coefficient (Wildman–Crippen LogP) is 2.04. The predicted molar refractivity (Wildman–Crippen MR) is 69.2 cm³/mol. The first-order valence-electron chi connectivity index (χ1n) is 6.12. The van der Waals surface area contributed by atoms with Crippen molar-refractivity contribution in [2.45, 2.75) is 19.3 Å². The molecule has 0 spiro atoms. The zero-order valence-corrected chi connectivity index (χ0v) is 11.1. The SMILES string of the molecule is COc1cc(OC)cc(C2CCN(C(C)=O)C2)c1. The van der Waals surface area contributed by atoms with Gasteiger partial charge in [-0.3, -0.25) is 4.79 Å². The second-order valence-electron chi connectivity index (χ2n) is 4.60. The molecule has 0 bridgehead atoms. The van der Waals surface area contributed by atoms with Gasteiger partial charge in [0, 0.05) is 32.0 Å². The summed E-state index contributed by atoms with van der Waals surface area (Å²) in [6.45, 7) is 3.24. The molecule has 1 aliphatic heterocycles. The maximum absolute atomic E-state index is 11.3. The molecule has 1 aromatic carbocycles. The van der Waals surface area contributed by atoms with E-state index in [0.29, 0.717) is 5.92 Å². The molecule has 1 amide bonds. The molecule has 4 nitrogen and oxygen atoms in total. The van der Waals surface area contributed by atoms with Crippen molar-refractivity contribution < 1.29 is 14.3 Å². The van der Waals surface area contributed by atoms with Crippen LogP contribution in [0.3, 0.4) is 0 Å². The van der Waals surface area contributed by atoms with Crippen LogP contribution in [0.2, 0.25) is 0 Å². The standard InChI is InChI=1S/C14H19NO3/c1-10(16)15-5-4-11(9-15)12-6-13(17-2)8-14(7-12)18-3/h6-8,11H,4-5,9H2,1-3H3. The minimum atomic E-state index is 0.146. The monoisotopic (exact) mass is 249 g/mol. The van der Waals surface area contributed by atoms with Gasteiger partial charge >= 0.3 is 0 Å². The summed E-state index contributed by atoms with van der Waals surface area (Å²) in [5.74, 6) is 2.11. The van der Waals surface area contributed by atoms with Crippen molar-refractivity contribution in [3.63, 3.8) is 0 Å². The van der Waals surface area contributed by atoms with Crippen molar-refractivity contribution in [2.24, 2.45) is 0 Å². The Morgan fingerprint density at radius 3 is 2.28 bits per heavy atom. The second-order valence-corrected chi connectivity index (χ2v) is 4.60. The number of amides is 1. The van der Waals surface area contributed by atoms with Gasteiger partial charge in [0.15, 0.2) is 0 Å². The van der Waals surface area contributed by atoms with Crippen LogP contribution in [0.4, 0.5) is 0 Å². The zero-order chi connectivity index (χ0) is 13.1. The molecule has 0 N–H and O–H groups in total. The van der Waals surface area contributed by atoms with Gasteiger partial charge in [-0.2, -0.15) is 0 Å². The lowest BCUT2D eigenvalue weighted by Crippen LogP contribution is -2.25. The number of hydrogen-bond acceptors (Lipinski definition) is 3. The van der Waals surface area contributed by atoms with E-state index in [1.165, 1.54) is 5.56 Å². The average molecular weight is 249 g/mol. The van der Waals surface area contributed by atoms with Crippen LogP contribution in [-0.4, -0.2) is 38.1 Å². The summed E-state index contributed by atoms with van der Waals surface area (Å²) in [7, 11) is 3.30. The van der Waals surface area contributed by atoms with E-state index >= 15 is 0 Å². The van der Waals surface area contributed by atoms with Crippen LogP contribution >= 0.6 is 0 Å². The van der Waals surface area contributed by atoms with Crippen molar-refractivity contribution in [2.75, 3.05) is 27.3 Å². The third-order valence-corrected chi connectivity index (χ3v) is 3.48. The molecule has 1 fully saturated rings. The summed E-state index contributed by atoms with van der Waals surface area (Å²) in [6, 6.07) is 5.91. The molecule has 1 aliphatic rings. The topological polar surface area (TPSA) is 38.8 Å². The summed E-state index contributed by atoms with van der Waals surface area (Å²) >= 11 is 0. The molecule has 0 saturated carbocycles. The van der Waals surface area contributed by atoms with Crippen LogP contribution in [-0.2, 0) is 4.79 Å². The van der Waals surface area contributed by atoms with Gasteiger partial charge in [-0.05, 0) is 24.1 Å². The van der Waals surface area contributed by atoms with E-state index < -0.39 is 0 Å². The lowest BCUT2D eigenvalue weighted by molar-refractivity contribution is -0.127. The second kappa shape index (κ2) is 5.29. The minimum Gasteiger partial charge on any atom is -0.497 e. The normalized spacial score (nSPS) is 18.8. The fourth-order valence-electron chi connectivity index (χ4n) is 2.38. The first-order valence-corrected chi connectivity index (χ1v) is 6.12. The lowest BCUT2D eigenvalue weighted by Gasteiger charge is -2.15. The number of nitrogens with zero attached hydrogens (tertiary/aromatic N) is 1. The highest BCUT2D eigenvalue weighted by atomic mass is 16.5. The Bertz CT molecular complexity index is 422. The van der Waals surface area contributed by atoms with Crippen molar-refractivity contribution in [3.8, 4) is 11.5 Å². The molecular weight excluding hydrogens is 230 g/mol. The van der Waals surface area contributed by atoms with Crippen molar-refractivity contribution in [1.82, 2.24) is 4.90 Å². The minimum absolute atomic E-state index is 0.146. The molecular formula is C14H19NO3. The van der Waals surface area contributed by atoms with Gasteiger partial charge in [0.1, 0.15) is 11.5 Å². The number of carbonyl (C=O) groups is 1. The number of hydrogen-bond donors (Lipinski definition) is 0. The van der Waals surface area contributed by atoms with Crippen LogP contribution in [0.5, 0.6) is 11.5 Å². The molecule has 0 radical (unpaired) electrons. The van der Waals surface area contributed by atoms with E-state index in [2.05, 4.69) is 0 Å². The molecule has 2 rings (SSSR count). The van der Waals surface area contributed by atoms with E-state index in [0.717, 1.165) is 31.0 Å². The van der Waals surface area contributed by atoms with Crippen LogP contribution < -0.4 is 9.47 Å². The van der Waals surface area contributed by atoms with Gasteiger partial charge in [-0.15, -0.1) is 0 Å². The molecule has 98 valence electrons. The summed E-state index contributed by atoms with van der Waals surface area (Å²) in [5.41, 5.74) is 1.18. The van der Waals surface area contributed by atoms with Crippen LogP contribution in [0, 0.1) is 0 Å². The summed E-state index contributed by atoms with van der Waals surface area (Å²) in [6.07, 6.45) is 0.996. The Morgan fingerprint density at radius 2 is 1.83 bits per heavy atom. The number of carbonyl (C=O) groups excluding carboxylic acids is 1. The first-order chi connectivity index (χ1) is 8.63. The van der Waals surface area contributed by atoms with E-state index in [-0.39, 0.29) is 5.91 Å². The zero-order valence-electron chi connectivity index (χ0n) is 11.1. The molecule has 1 saturated heterocycles. The highest BCUT2D eigenvalue weighted by Gasteiger charge is 2.26. The summed E-state index contributed by atoms with van der Waals surface area (Å²) < 4.78 is 10.5. The fourth-order valence-corrected chi connectivity index (χ4v) is 2.38. The average Bonchev–Trinajstić information content (AvgIpc) is 2.87. The number of rotatable bonds is 3. The molecule has 1 atom stereocenters. The lowest BCUT2D eigenvalue weighted by atomic mass is 9.98. The van der Waals surface area contributed by atoms with Crippen molar-refractivity contribution in [1.29, 1.82) is 0 Å². The Labute approximate surface area is 107 Å². The van der Waals surface area contributed by atoms with E-state index in [1.54, 1.807) is 21.1 Å². The maximum Gasteiger partial charge on any atom is 0.219 e. The smallest absolute Gasteiger partial charge is 0.219 e. The van der Waals surface area contributed by atoms with Gasteiger partial charge in [0.25, 0.3) is 0 Å². The van der Waals surface area contributed by atoms with Crippen molar-refractivity contribution >= 4 is 5.91 Å². The van der Waals surface area contributed by atoms with Crippen LogP contribution in [0.15, 0.2) is 18.2 Å². The molecule has 1 heterocycles. The van der Waals surface area contributed by atoms with Crippen molar-refractivity contribution in [3.05, 3.63) is 23.8 Å². The van der Waals surface area contributed by atoms with E-state index in [9.17, 15) is 4.79 Å². The summed E-state index contributed by atoms with van der Waals surface area (Å²) in [5, 5.41) is 0. The Hall–Kier alpha value is -1.71. The quantitative estimate of drug-likeness (QED) is 0.823. The van der Waals surface area contributed by atoms with E-state index in [4.69, 9.17) is 9.47 Å². The van der Waals surface area contributed by atoms with Gasteiger partial charge in [-0.1, -0.05) is 0 Å². The van der Waals surface area contributed by atoms with Crippen LogP contribution in [0.1, 0.15) is 24.8 Å². The Kier molecular flexibility index (Phi) is 3.75. The Balaban J connectivity index is 2.20. The summed E-state index contributed by atoms with van der Waals surface area (Å²) in [4.78, 5) is 13.2. The largest absolute Gasteiger partial charge is 0.497 e. The van der Waals surface area contributed by atoms with Gasteiger partial charge in [0.2, 0.25) is 5.91 Å². The van der Waals surface area contributed by atoms with Gasteiger partial charge < -0.3 is 14.4 Å². The molecule has 0 aliphatic carbocycles. The molecule has 4 heteroatoms. The van der Waals surface area contributed by atoms with E-state index in [1.807, 2.05) is 23.1 Å². The number of likely N-dealkylation sites (tertiary alicyclic amines) is 1. The first kappa shape index (κ1) is 12.7. The number of benzene rings is 1. The number of methoxy groups -OCH3 is 2. The maximum atomic E-state index is 11.3. The third-order valence-electron chi connectivity index (χ3n) is 3.48. The molecule has 18 heavy (non-hydrogen) atoms. The molecule has 0 aromatic heterocycles.